The van der Waals surface area contributed by atoms with Crippen molar-refractivity contribution in [3.05, 3.63) is 57.9 Å². The van der Waals surface area contributed by atoms with Gasteiger partial charge in [-0.2, -0.15) is 28.4 Å². The molecule has 0 aliphatic carbocycles. The number of carbonyl (C=O) groups is 1. The van der Waals surface area contributed by atoms with Gasteiger partial charge in [-0.05, 0) is 24.6 Å². The standard InChI is InChI=1S/C16H14F3N5O4/c1-10-6-15(26,16(17,18)19)23(21-10)14(25)12-4-2-11(3-5-12)8-22-9-13(7-20-22)24(27)28/h2-5,7,9,26H,6,8H2,1H3/t15-/m1/s1. The van der Waals surface area contributed by atoms with E-state index in [9.17, 15) is 33.2 Å². The molecule has 0 saturated heterocycles. The summed E-state index contributed by atoms with van der Waals surface area (Å²) in [6, 6.07) is 5.52. The number of amides is 1. The molecule has 28 heavy (non-hydrogen) atoms. The van der Waals surface area contributed by atoms with Crippen LogP contribution in [0.5, 0.6) is 0 Å². The maximum Gasteiger partial charge on any atom is 0.438 e. The fourth-order valence-corrected chi connectivity index (χ4v) is 2.75. The van der Waals surface area contributed by atoms with Crippen molar-refractivity contribution in [3.63, 3.8) is 0 Å². The molecular weight excluding hydrogens is 383 g/mol. The number of alkyl halides is 3. The van der Waals surface area contributed by atoms with Gasteiger partial charge in [0.05, 0.1) is 11.5 Å². The zero-order valence-corrected chi connectivity index (χ0v) is 14.4. The van der Waals surface area contributed by atoms with Crippen molar-refractivity contribution >= 4 is 17.3 Å². The predicted molar refractivity (Wildman–Crippen MR) is 89.3 cm³/mol. The number of nitrogens with zero attached hydrogens (tertiary/aromatic N) is 5. The largest absolute Gasteiger partial charge is 0.438 e. The SMILES string of the molecule is CC1=NN(C(=O)c2ccc(Cn3cc([N+](=O)[O-])cn3)cc2)[C@](O)(C(F)(F)F)C1. The molecule has 0 bridgehead atoms. The van der Waals surface area contributed by atoms with Crippen LogP contribution < -0.4 is 0 Å². The first kappa shape index (κ1) is 19.5. The van der Waals surface area contributed by atoms with E-state index in [1.807, 2.05) is 0 Å². The Morgan fingerprint density at radius 3 is 2.54 bits per heavy atom. The van der Waals surface area contributed by atoms with E-state index in [1.54, 1.807) is 0 Å². The summed E-state index contributed by atoms with van der Waals surface area (Å²) in [5, 5.41) is 28.1. The summed E-state index contributed by atoms with van der Waals surface area (Å²) in [5.41, 5.74) is -3.08. The van der Waals surface area contributed by atoms with Gasteiger partial charge >= 0.3 is 11.9 Å². The molecule has 148 valence electrons. The molecular formula is C16H14F3N5O4. The van der Waals surface area contributed by atoms with Crippen LogP contribution in [0.3, 0.4) is 0 Å². The van der Waals surface area contributed by atoms with Gasteiger partial charge in [-0.3, -0.25) is 19.6 Å². The number of halogens is 3. The van der Waals surface area contributed by atoms with E-state index in [2.05, 4.69) is 10.2 Å². The third kappa shape index (κ3) is 3.45. The van der Waals surface area contributed by atoms with E-state index in [0.29, 0.717) is 5.56 Å². The number of carbonyl (C=O) groups excluding carboxylic acids is 1. The first-order valence-electron chi connectivity index (χ1n) is 7.95. The Kier molecular flexibility index (Phi) is 4.67. The van der Waals surface area contributed by atoms with Crippen LogP contribution in [0.25, 0.3) is 0 Å². The summed E-state index contributed by atoms with van der Waals surface area (Å²) in [6.07, 6.45) is -3.58. The zero-order valence-electron chi connectivity index (χ0n) is 14.4. The summed E-state index contributed by atoms with van der Waals surface area (Å²) in [7, 11) is 0. The molecule has 1 N–H and O–H groups in total. The van der Waals surface area contributed by atoms with E-state index in [1.165, 1.54) is 42.1 Å². The van der Waals surface area contributed by atoms with Gasteiger partial charge in [0.2, 0.25) is 0 Å². The summed E-state index contributed by atoms with van der Waals surface area (Å²) in [4.78, 5) is 22.5. The molecule has 9 nitrogen and oxygen atoms in total. The third-order valence-electron chi connectivity index (χ3n) is 4.15. The van der Waals surface area contributed by atoms with Gasteiger partial charge in [0.1, 0.15) is 12.4 Å². The number of nitro groups is 1. The van der Waals surface area contributed by atoms with Crippen LogP contribution in [0, 0.1) is 10.1 Å². The Bertz CT molecular complexity index is 954. The molecule has 1 aromatic carbocycles. The molecule has 2 heterocycles. The number of benzene rings is 1. The summed E-state index contributed by atoms with van der Waals surface area (Å²) in [6.45, 7) is 1.45. The lowest BCUT2D eigenvalue weighted by molar-refractivity contribution is -0.385. The van der Waals surface area contributed by atoms with Crippen molar-refractivity contribution in [1.29, 1.82) is 0 Å². The van der Waals surface area contributed by atoms with Crippen LogP contribution in [-0.4, -0.2) is 48.3 Å². The lowest BCUT2D eigenvalue weighted by atomic mass is 10.1. The molecule has 3 rings (SSSR count). The Morgan fingerprint density at radius 2 is 2.00 bits per heavy atom. The molecule has 12 heteroatoms. The van der Waals surface area contributed by atoms with Gasteiger partial charge < -0.3 is 5.11 Å². The maximum atomic E-state index is 13.2. The van der Waals surface area contributed by atoms with Crippen molar-refractivity contribution in [2.24, 2.45) is 5.10 Å². The predicted octanol–water partition coefficient (Wildman–Crippen LogP) is 2.31. The molecule has 1 atom stereocenters. The summed E-state index contributed by atoms with van der Waals surface area (Å²) >= 11 is 0. The van der Waals surface area contributed by atoms with Gasteiger partial charge in [0.25, 0.3) is 11.6 Å². The Morgan fingerprint density at radius 1 is 1.36 bits per heavy atom. The second-order valence-corrected chi connectivity index (χ2v) is 6.29. The Labute approximate surface area is 155 Å². The van der Waals surface area contributed by atoms with Crippen LogP contribution in [0.15, 0.2) is 41.8 Å². The van der Waals surface area contributed by atoms with Crippen LogP contribution in [0.4, 0.5) is 18.9 Å². The smallest absolute Gasteiger partial charge is 0.362 e. The Balaban J connectivity index is 1.79. The maximum absolute atomic E-state index is 13.2. The van der Waals surface area contributed by atoms with Crippen LogP contribution in [0.1, 0.15) is 29.3 Å². The second kappa shape index (κ2) is 6.71. The van der Waals surface area contributed by atoms with Gasteiger partial charge in [0, 0.05) is 17.7 Å². The van der Waals surface area contributed by atoms with Crippen molar-refractivity contribution in [2.75, 3.05) is 0 Å². The second-order valence-electron chi connectivity index (χ2n) is 6.29. The number of aliphatic hydroxyl groups is 1. The summed E-state index contributed by atoms with van der Waals surface area (Å²) < 4.78 is 41.0. The summed E-state index contributed by atoms with van der Waals surface area (Å²) in [5.74, 6) is -1.10. The van der Waals surface area contributed by atoms with Crippen LogP contribution >= 0.6 is 0 Å². The fraction of sp³-hybridized carbons (Fsp3) is 0.312. The number of hydrazone groups is 1. The van der Waals surface area contributed by atoms with E-state index in [0.717, 1.165) is 6.20 Å². The minimum atomic E-state index is -5.07. The average Bonchev–Trinajstić information content (AvgIpc) is 3.19. The molecule has 0 saturated carbocycles. The third-order valence-corrected chi connectivity index (χ3v) is 4.15. The molecule has 0 unspecified atom stereocenters. The molecule has 2 aromatic rings. The zero-order chi connectivity index (χ0) is 20.7. The first-order chi connectivity index (χ1) is 13.0. The van der Waals surface area contributed by atoms with E-state index in [4.69, 9.17) is 0 Å². The highest BCUT2D eigenvalue weighted by Crippen LogP contribution is 2.40. The average molecular weight is 397 g/mol. The minimum Gasteiger partial charge on any atom is -0.362 e. The van der Waals surface area contributed by atoms with Crippen molar-refractivity contribution in [2.45, 2.75) is 31.8 Å². The normalized spacial score (nSPS) is 19.6. The van der Waals surface area contributed by atoms with Crippen molar-refractivity contribution in [3.8, 4) is 0 Å². The highest BCUT2D eigenvalue weighted by molar-refractivity contribution is 5.97. The quantitative estimate of drug-likeness (QED) is 0.628. The molecule has 0 fully saturated rings. The van der Waals surface area contributed by atoms with E-state index in [-0.39, 0.29) is 28.5 Å². The minimum absolute atomic E-state index is 0.0231. The number of hydrogen-bond acceptors (Lipinski definition) is 6. The number of rotatable bonds is 4. The highest BCUT2D eigenvalue weighted by Gasteiger charge is 2.62. The van der Waals surface area contributed by atoms with Crippen molar-refractivity contribution < 1.29 is 28.0 Å². The van der Waals surface area contributed by atoms with Gasteiger partial charge in [-0.1, -0.05) is 12.1 Å². The number of hydrogen-bond donors (Lipinski definition) is 1. The van der Waals surface area contributed by atoms with Crippen molar-refractivity contribution in [1.82, 2.24) is 14.8 Å². The van der Waals surface area contributed by atoms with Gasteiger partial charge in [0.15, 0.2) is 0 Å². The Hall–Kier alpha value is -3.28. The monoisotopic (exact) mass is 397 g/mol. The van der Waals surface area contributed by atoms with Gasteiger partial charge in [-0.15, -0.1) is 0 Å². The first-order valence-corrected chi connectivity index (χ1v) is 7.95. The van der Waals surface area contributed by atoms with E-state index < -0.39 is 29.2 Å². The lowest BCUT2D eigenvalue weighted by Gasteiger charge is -2.32. The molecule has 1 aliphatic rings. The highest BCUT2D eigenvalue weighted by atomic mass is 19.4. The van der Waals surface area contributed by atoms with Crippen LogP contribution in [-0.2, 0) is 6.54 Å². The van der Waals surface area contributed by atoms with E-state index >= 15 is 0 Å². The van der Waals surface area contributed by atoms with Gasteiger partial charge in [-0.25, -0.2) is 0 Å². The topological polar surface area (TPSA) is 114 Å². The number of aromatic nitrogens is 2. The molecule has 0 radical (unpaired) electrons. The lowest BCUT2D eigenvalue weighted by Crippen LogP contribution is -2.56. The molecule has 1 aromatic heterocycles. The molecule has 1 aliphatic heterocycles. The van der Waals surface area contributed by atoms with Crippen LogP contribution in [0.2, 0.25) is 0 Å². The molecule has 0 spiro atoms. The fourth-order valence-electron chi connectivity index (χ4n) is 2.75. The molecule has 1 amide bonds.